The van der Waals surface area contributed by atoms with E-state index in [-0.39, 0.29) is 6.54 Å². The molecule has 0 aliphatic carbocycles. The molecule has 0 bridgehead atoms. The molecule has 1 aromatic rings. The van der Waals surface area contributed by atoms with Crippen LogP contribution in [0, 0.1) is 13.8 Å². The summed E-state index contributed by atoms with van der Waals surface area (Å²) in [6.07, 6.45) is -1.12. The number of carbonyl (C=O) groups excluding carboxylic acids is 1. The van der Waals surface area contributed by atoms with Crippen LogP contribution in [0.1, 0.15) is 23.9 Å². The molecule has 1 rings (SSSR count). The van der Waals surface area contributed by atoms with E-state index >= 15 is 0 Å². The van der Waals surface area contributed by atoms with Crippen molar-refractivity contribution in [2.45, 2.75) is 40.0 Å². The maximum atomic E-state index is 10.6. The number of hydrogen-bond donors (Lipinski definition) is 3. The first kappa shape index (κ1) is 13.7. The van der Waals surface area contributed by atoms with Gasteiger partial charge >= 0.3 is 0 Å². The number of aromatic nitrogens is 1. The van der Waals surface area contributed by atoms with Gasteiger partial charge in [0.1, 0.15) is 6.10 Å². The molecule has 5 nitrogen and oxygen atoms in total. The van der Waals surface area contributed by atoms with Crippen molar-refractivity contribution in [2.24, 2.45) is 5.73 Å². The van der Waals surface area contributed by atoms with Gasteiger partial charge in [0.2, 0.25) is 5.91 Å². The standard InChI is InChI=1S/C12H21N3O2/c1-4-15-8(2)5-10(9(15)3)6-14-7-11(16)12(13)17/h5,11,14,16H,4,6-7H2,1-3H3,(H2,13,17). The Morgan fingerprint density at radius 2 is 2.24 bits per heavy atom. The molecule has 1 aromatic heterocycles. The second-order valence-corrected chi connectivity index (χ2v) is 4.19. The summed E-state index contributed by atoms with van der Waals surface area (Å²) in [5.41, 5.74) is 8.58. The van der Waals surface area contributed by atoms with Gasteiger partial charge in [0.05, 0.1) is 0 Å². The van der Waals surface area contributed by atoms with Gasteiger partial charge in [-0.05, 0) is 32.4 Å². The minimum atomic E-state index is -1.12. The Kier molecular flexibility index (Phi) is 4.72. The SMILES string of the molecule is CCn1c(C)cc(CNCC(O)C(N)=O)c1C. The van der Waals surface area contributed by atoms with E-state index in [4.69, 9.17) is 5.73 Å². The minimum absolute atomic E-state index is 0.186. The van der Waals surface area contributed by atoms with Gasteiger partial charge in [-0.15, -0.1) is 0 Å². The molecule has 96 valence electrons. The Morgan fingerprint density at radius 3 is 2.71 bits per heavy atom. The number of rotatable bonds is 6. The van der Waals surface area contributed by atoms with E-state index in [2.05, 4.69) is 36.7 Å². The highest BCUT2D eigenvalue weighted by Gasteiger charge is 2.11. The molecule has 5 heteroatoms. The summed E-state index contributed by atoms with van der Waals surface area (Å²) in [6, 6.07) is 2.11. The number of aryl methyl sites for hydroxylation is 1. The Balaban J connectivity index is 2.55. The van der Waals surface area contributed by atoms with Gasteiger partial charge in [-0.1, -0.05) is 0 Å². The van der Waals surface area contributed by atoms with Crippen LogP contribution in [0.25, 0.3) is 0 Å². The van der Waals surface area contributed by atoms with Gasteiger partial charge in [-0.3, -0.25) is 4.79 Å². The van der Waals surface area contributed by atoms with E-state index in [0.717, 1.165) is 6.54 Å². The molecule has 0 saturated carbocycles. The van der Waals surface area contributed by atoms with Gasteiger partial charge in [0.15, 0.2) is 0 Å². The van der Waals surface area contributed by atoms with Crippen molar-refractivity contribution >= 4 is 5.91 Å². The Morgan fingerprint density at radius 1 is 1.59 bits per heavy atom. The Labute approximate surface area is 102 Å². The number of nitrogens with zero attached hydrogens (tertiary/aromatic N) is 1. The summed E-state index contributed by atoms with van der Waals surface area (Å²) >= 11 is 0. The van der Waals surface area contributed by atoms with Crippen LogP contribution in [0.3, 0.4) is 0 Å². The van der Waals surface area contributed by atoms with Crippen LogP contribution in [0.15, 0.2) is 6.07 Å². The van der Waals surface area contributed by atoms with Crippen LogP contribution in [0.4, 0.5) is 0 Å². The van der Waals surface area contributed by atoms with Crippen LogP contribution >= 0.6 is 0 Å². The molecule has 1 heterocycles. The third kappa shape index (κ3) is 3.31. The van der Waals surface area contributed by atoms with Gasteiger partial charge in [0.25, 0.3) is 0 Å². The van der Waals surface area contributed by atoms with E-state index < -0.39 is 12.0 Å². The van der Waals surface area contributed by atoms with Crippen LogP contribution in [0.2, 0.25) is 0 Å². The molecule has 0 radical (unpaired) electrons. The number of primary amides is 1. The summed E-state index contributed by atoms with van der Waals surface area (Å²) in [5.74, 6) is -0.698. The zero-order chi connectivity index (χ0) is 13.0. The number of aliphatic hydroxyl groups is 1. The summed E-state index contributed by atoms with van der Waals surface area (Å²) < 4.78 is 2.22. The largest absolute Gasteiger partial charge is 0.382 e. The zero-order valence-electron chi connectivity index (χ0n) is 10.7. The zero-order valence-corrected chi connectivity index (χ0v) is 10.7. The lowest BCUT2D eigenvalue weighted by atomic mass is 10.2. The van der Waals surface area contributed by atoms with Gasteiger partial charge in [-0.25, -0.2) is 0 Å². The van der Waals surface area contributed by atoms with E-state index in [9.17, 15) is 9.90 Å². The van der Waals surface area contributed by atoms with E-state index in [1.165, 1.54) is 17.0 Å². The maximum Gasteiger partial charge on any atom is 0.247 e. The smallest absolute Gasteiger partial charge is 0.247 e. The fourth-order valence-corrected chi connectivity index (χ4v) is 1.98. The van der Waals surface area contributed by atoms with Crippen LogP contribution in [-0.2, 0) is 17.9 Å². The number of nitrogens with two attached hydrogens (primary N) is 1. The maximum absolute atomic E-state index is 10.6. The highest BCUT2D eigenvalue weighted by atomic mass is 16.3. The van der Waals surface area contributed by atoms with E-state index in [0.29, 0.717) is 6.54 Å². The third-order valence-electron chi connectivity index (χ3n) is 2.98. The summed E-state index contributed by atoms with van der Waals surface area (Å²) in [5, 5.41) is 12.3. The summed E-state index contributed by atoms with van der Waals surface area (Å²) in [6.45, 7) is 8.00. The number of amides is 1. The predicted molar refractivity (Wildman–Crippen MR) is 66.5 cm³/mol. The highest BCUT2D eigenvalue weighted by Crippen LogP contribution is 2.14. The second-order valence-electron chi connectivity index (χ2n) is 4.19. The molecule has 1 amide bonds. The first-order valence-corrected chi connectivity index (χ1v) is 5.81. The average molecular weight is 239 g/mol. The molecule has 4 N–H and O–H groups in total. The molecule has 0 saturated heterocycles. The first-order valence-electron chi connectivity index (χ1n) is 5.81. The van der Waals surface area contributed by atoms with E-state index in [1.54, 1.807) is 0 Å². The van der Waals surface area contributed by atoms with Crippen molar-refractivity contribution in [3.05, 3.63) is 23.0 Å². The van der Waals surface area contributed by atoms with Crippen LogP contribution < -0.4 is 11.1 Å². The van der Waals surface area contributed by atoms with Crippen molar-refractivity contribution in [3.8, 4) is 0 Å². The fraction of sp³-hybridized carbons (Fsp3) is 0.583. The lowest BCUT2D eigenvalue weighted by Crippen LogP contribution is -2.37. The highest BCUT2D eigenvalue weighted by molar-refractivity contribution is 5.78. The third-order valence-corrected chi connectivity index (χ3v) is 2.98. The number of hydrogen-bond acceptors (Lipinski definition) is 3. The van der Waals surface area contributed by atoms with Crippen molar-refractivity contribution in [3.63, 3.8) is 0 Å². The molecule has 17 heavy (non-hydrogen) atoms. The normalized spacial score (nSPS) is 12.7. The first-order chi connectivity index (χ1) is 7.97. The fourth-order valence-electron chi connectivity index (χ4n) is 1.98. The monoisotopic (exact) mass is 239 g/mol. The van der Waals surface area contributed by atoms with E-state index in [1.807, 2.05) is 0 Å². The second kappa shape index (κ2) is 5.84. The molecule has 0 aliphatic heterocycles. The average Bonchev–Trinajstić information content (AvgIpc) is 2.53. The van der Waals surface area contributed by atoms with Crippen molar-refractivity contribution in [1.82, 2.24) is 9.88 Å². The van der Waals surface area contributed by atoms with Gasteiger partial charge in [-0.2, -0.15) is 0 Å². The number of nitrogens with one attached hydrogen (secondary N) is 1. The lowest BCUT2D eigenvalue weighted by molar-refractivity contribution is -0.125. The van der Waals surface area contributed by atoms with Gasteiger partial charge < -0.3 is 20.7 Å². The molecule has 0 aromatic carbocycles. The van der Waals surface area contributed by atoms with Crippen LogP contribution in [-0.4, -0.2) is 28.2 Å². The molecule has 1 atom stereocenters. The van der Waals surface area contributed by atoms with Crippen LogP contribution in [0.5, 0.6) is 0 Å². The Hall–Kier alpha value is -1.33. The number of carbonyl (C=O) groups is 1. The topological polar surface area (TPSA) is 80.3 Å². The molecular formula is C12H21N3O2. The Bertz CT molecular complexity index is 399. The molecule has 0 aliphatic rings. The minimum Gasteiger partial charge on any atom is -0.382 e. The quantitative estimate of drug-likeness (QED) is 0.656. The lowest BCUT2D eigenvalue weighted by Gasteiger charge is -2.09. The summed E-state index contributed by atoms with van der Waals surface area (Å²) in [4.78, 5) is 10.6. The predicted octanol–water partition coefficient (Wildman–Crippen LogP) is 0.0606. The van der Waals surface area contributed by atoms with Crippen molar-refractivity contribution < 1.29 is 9.90 Å². The molecule has 0 fully saturated rings. The molecular weight excluding hydrogens is 218 g/mol. The van der Waals surface area contributed by atoms with Crippen molar-refractivity contribution in [1.29, 1.82) is 0 Å². The summed E-state index contributed by atoms with van der Waals surface area (Å²) in [7, 11) is 0. The molecule has 1 unspecified atom stereocenters. The van der Waals surface area contributed by atoms with Gasteiger partial charge in [0, 0.05) is 31.0 Å². The number of aliphatic hydroxyl groups excluding tert-OH is 1. The molecule has 0 spiro atoms. The van der Waals surface area contributed by atoms with Crippen molar-refractivity contribution in [2.75, 3.05) is 6.54 Å².